The molecule has 4 heteroatoms. The predicted molar refractivity (Wildman–Crippen MR) is 79.3 cm³/mol. The molecule has 0 aliphatic carbocycles. The number of hydrogen-bond acceptors (Lipinski definition) is 3. The van der Waals surface area contributed by atoms with E-state index in [1.54, 1.807) is 7.11 Å². The molecule has 0 saturated carbocycles. The van der Waals surface area contributed by atoms with Gasteiger partial charge in [0.05, 0.1) is 12.8 Å². The molecule has 1 fully saturated rings. The van der Waals surface area contributed by atoms with Gasteiger partial charge in [0, 0.05) is 24.2 Å². The average molecular weight is 261 g/mol. The molecule has 4 nitrogen and oxygen atoms in total. The lowest BCUT2D eigenvalue weighted by atomic mass is 10.1. The Morgan fingerprint density at radius 3 is 2.84 bits per heavy atom. The molecule has 0 bridgehead atoms. The zero-order valence-electron chi connectivity index (χ0n) is 11.8. The second-order valence-corrected chi connectivity index (χ2v) is 5.19. The first-order valence-corrected chi connectivity index (χ1v) is 6.92. The minimum atomic E-state index is 0.120. The quantitative estimate of drug-likeness (QED) is 0.649. The van der Waals surface area contributed by atoms with Gasteiger partial charge in [-0.1, -0.05) is 12.8 Å². The van der Waals surface area contributed by atoms with Crippen molar-refractivity contribution in [3.8, 4) is 5.75 Å². The molecule has 0 spiro atoms. The Bertz CT molecular complexity index is 459. The number of benzene rings is 1. The van der Waals surface area contributed by atoms with Crippen LogP contribution in [0.25, 0.3) is 0 Å². The number of hydrogen-bond donors (Lipinski definition) is 2. The molecular weight excluding hydrogens is 238 g/mol. The minimum Gasteiger partial charge on any atom is -0.497 e. The molecule has 1 aliphatic rings. The lowest BCUT2D eigenvalue weighted by molar-refractivity contribution is 0.414. The van der Waals surface area contributed by atoms with Crippen LogP contribution < -0.4 is 15.4 Å². The summed E-state index contributed by atoms with van der Waals surface area (Å²) < 4.78 is 5.31. The maximum atomic E-state index is 7.75. The molecule has 3 N–H and O–H groups in total. The summed E-state index contributed by atoms with van der Waals surface area (Å²) >= 11 is 0. The van der Waals surface area contributed by atoms with E-state index in [1.807, 2.05) is 18.2 Å². The number of nitrogens with zero attached hydrogens (tertiary/aromatic N) is 1. The van der Waals surface area contributed by atoms with Crippen molar-refractivity contribution in [2.45, 2.75) is 38.6 Å². The van der Waals surface area contributed by atoms with Gasteiger partial charge in [0.2, 0.25) is 0 Å². The van der Waals surface area contributed by atoms with Crippen LogP contribution in [-0.2, 0) is 0 Å². The topological polar surface area (TPSA) is 62.3 Å². The number of anilines is 1. The van der Waals surface area contributed by atoms with E-state index < -0.39 is 0 Å². The first-order chi connectivity index (χ1) is 9.13. The van der Waals surface area contributed by atoms with Crippen molar-refractivity contribution in [2.75, 3.05) is 18.6 Å². The lowest BCUT2D eigenvalue weighted by Gasteiger charge is -2.31. The third-order valence-corrected chi connectivity index (χ3v) is 3.86. The maximum Gasteiger partial charge on any atom is 0.124 e. The number of rotatable bonds is 3. The summed E-state index contributed by atoms with van der Waals surface area (Å²) in [6.45, 7) is 3.27. The number of methoxy groups -OCH3 is 1. The molecule has 1 atom stereocenters. The number of nitrogens with two attached hydrogens (primary N) is 1. The Morgan fingerprint density at radius 1 is 1.37 bits per heavy atom. The van der Waals surface area contributed by atoms with E-state index in [-0.39, 0.29) is 5.84 Å². The van der Waals surface area contributed by atoms with E-state index in [4.69, 9.17) is 15.9 Å². The van der Waals surface area contributed by atoms with Crippen LogP contribution in [0.2, 0.25) is 0 Å². The molecule has 1 saturated heterocycles. The van der Waals surface area contributed by atoms with Gasteiger partial charge in [-0.2, -0.15) is 0 Å². The molecule has 1 heterocycles. The molecule has 0 aromatic heterocycles. The lowest BCUT2D eigenvalue weighted by Crippen LogP contribution is -2.34. The van der Waals surface area contributed by atoms with Gasteiger partial charge in [-0.05, 0) is 31.9 Å². The Kier molecular flexibility index (Phi) is 4.30. The number of amidine groups is 1. The summed E-state index contributed by atoms with van der Waals surface area (Å²) in [5, 5.41) is 7.75. The summed E-state index contributed by atoms with van der Waals surface area (Å²) in [5.74, 6) is 0.936. The van der Waals surface area contributed by atoms with Crippen LogP contribution in [0, 0.1) is 5.41 Å². The fourth-order valence-electron chi connectivity index (χ4n) is 2.74. The first kappa shape index (κ1) is 13.7. The van der Waals surface area contributed by atoms with E-state index in [1.165, 1.54) is 25.7 Å². The zero-order valence-corrected chi connectivity index (χ0v) is 11.8. The van der Waals surface area contributed by atoms with Gasteiger partial charge in [0.1, 0.15) is 11.6 Å². The highest BCUT2D eigenvalue weighted by molar-refractivity contribution is 6.00. The smallest absolute Gasteiger partial charge is 0.124 e. The van der Waals surface area contributed by atoms with Crippen molar-refractivity contribution in [1.82, 2.24) is 0 Å². The van der Waals surface area contributed by atoms with Gasteiger partial charge in [0.15, 0.2) is 0 Å². The molecule has 104 valence electrons. The van der Waals surface area contributed by atoms with E-state index in [0.717, 1.165) is 23.5 Å². The predicted octanol–water partition coefficient (Wildman–Crippen LogP) is 2.75. The first-order valence-electron chi connectivity index (χ1n) is 6.92. The summed E-state index contributed by atoms with van der Waals surface area (Å²) in [6.07, 6.45) is 4.94. The van der Waals surface area contributed by atoms with Gasteiger partial charge in [0.25, 0.3) is 0 Å². The Hall–Kier alpha value is -1.71. The number of ether oxygens (including phenoxy) is 1. The molecule has 1 aromatic rings. The van der Waals surface area contributed by atoms with Gasteiger partial charge in [-0.25, -0.2) is 0 Å². The molecule has 1 aliphatic heterocycles. The van der Waals surface area contributed by atoms with Crippen molar-refractivity contribution in [1.29, 1.82) is 5.41 Å². The average Bonchev–Trinajstić information content (AvgIpc) is 2.62. The van der Waals surface area contributed by atoms with Crippen molar-refractivity contribution >= 4 is 11.5 Å². The summed E-state index contributed by atoms with van der Waals surface area (Å²) in [6, 6.07) is 6.22. The fraction of sp³-hybridized carbons (Fsp3) is 0.533. The molecule has 1 unspecified atom stereocenters. The number of nitrogens with one attached hydrogen (secondary N) is 1. The Labute approximate surface area is 115 Å². The second-order valence-electron chi connectivity index (χ2n) is 5.19. The van der Waals surface area contributed by atoms with Crippen LogP contribution in [0.1, 0.15) is 38.2 Å². The summed E-state index contributed by atoms with van der Waals surface area (Å²) in [7, 11) is 1.67. The van der Waals surface area contributed by atoms with Gasteiger partial charge in [-0.15, -0.1) is 0 Å². The Balaban J connectivity index is 2.41. The second kappa shape index (κ2) is 5.95. The zero-order chi connectivity index (χ0) is 13.8. The van der Waals surface area contributed by atoms with Gasteiger partial charge >= 0.3 is 0 Å². The standard InChI is InChI=1S/C15H23N3O/c1-11-6-4-3-5-9-18(11)14-10-12(19-2)7-8-13(14)15(16)17/h7-8,10-11H,3-6,9H2,1-2H3,(H3,16,17). The highest BCUT2D eigenvalue weighted by Gasteiger charge is 2.21. The SMILES string of the molecule is COc1ccc(C(=N)N)c(N2CCCCCC2C)c1. The van der Waals surface area contributed by atoms with Crippen LogP contribution in [-0.4, -0.2) is 25.5 Å². The van der Waals surface area contributed by atoms with Crippen LogP contribution >= 0.6 is 0 Å². The van der Waals surface area contributed by atoms with E-state index >= 15 is 0 Å². The highest BCUT2D eigenvalue weighted by Crippen LogP contribution is 2.30. The van der Waals surface area contributed by atoms with Crippen LogP contribution in [0.15, 0.2) is 18.2 Å². The molecule has 19 heavy (non-hydrogen) atoms. The Morgan fingerprint density at radius 2 is 2.16 bits per heavy atom. The molecular formula is C15H23N3O. The summed E-state index contributed by atoms with van der Waals surface area (Å²) in [5.41, 5.74) is 7.54. The molecule has 0 radical (unpaired) electrons. The van der Waals surface area contributed by atoms with Crippen molar-refractivity contribution in [2.24, 2.45) is 5.73 Å². The molecule has 2 rings (SSSR count). The van der Waals surface area contributed by atoms with Gasteiger partial charge < -0.3 is 15.4 Å². The van der Waals surface area contributed by atoms with Crippen LogP contribution in [0.5, 0.6) is 5.75 Å². The van der Waals surface area contributed by atoms with E-state index in [9.17, 15) is 0 Å². The van der Waals surface area contributed by atoms with Crippen LogP contribution in [0.4, 0.5) is 5.69 Å². The monoisotopic (exact) mass is 261 g/mol. The summed E-state index contributed by atoms with van der Waals surface area (Å²) in [4.78, 5) is 2.37. The normalized spacial score (nSPS) is 19.9. The fourth-order valence-corrected chi connectivity index (χ4v) is 2.74. The molecule has 0 amide bonds. The molecule has 1 aromatic carbocycles. The van der Waals surface area contributed by atoms with E-state index in [0.29, 0.717) is 6.04 Å². The van der Waals surface area contributed by atoms with E-state index in [2.05, 4.69) is 11.8 Å². The third kappa shape index (κ3) is 3.00. The maximum absolute atomic E-state index is 7.75. The van der Waals surface area contributed by atoms with Crippen molar-refractivity contribution in [3.63, 3.8) is 0 Å². The number of nitrogen functional groups attached to an aromatic ring is 1. The van der Waals surface area contributed by atoms with Crippen LogP contribution in [0.3, 0.4) is 0 Å². The van der Waals surface area contributed by atoms with Crippen molar-refractivity contribution in [3.05, 3.63) is 23.8 Å². The largest absolute Gasteiger partial charge is 0.497 e. The highest BCUT2D eigenvalue weighted by atomic mass is 16.5. The third-order valence-electron chi connectivity index (χ3n) is 3.86. The van der Waals surface area contributed by atoms with Gasteiger partial charge in [-0.3, -0.25) is 5.41 Å². The van der Waals surface area contributed by atoms with Crippen molar-refractivity contribution < 1.29 is 4.74 Å². The minimum absolute atomic E-state index is 0.120.